The van der Waals surface area contributed by atoms with Gasteiger partial charge in [-0.05, 0) is 30.7 Å². The van der Waals surface area contributed by atoms with Crippen LogP contribution in [0.2, 0.25) is 0 Å². The van der Waals surface area contributed by atoms with Crippen LogP contribution in [0.15, 0.2) is 39.4 Å². The zero-order valence-electron chi connectivity index (χ0n) is 9.54. The highest BCUT2D eigenvalue weighted by Gasteiger charge is 2.17. The Balaban J connectivity index is 2.38. The standard InChI is InChI=1S/C13H12Br2O2/c1-8-10(5-6-17-8)13(15)11-4-3-9(16-2)7-12(11)14/h3-7,13H,1-2H3. The number of aryl methyl sites for hydroxylation is 1. The number of ether oxygens (including phenoxy) is 1. The Morgan fingerprint density at radius 3 is 2.53 bits per heavy atom. The first kappa shape index (κ1) is 12.7. The summed E-state index contributed by atoms with van der Waals surface area (Å²) >= 11 is 7.25. The van der Waals surface area contributed by atoms with Crippen LogP contribution in [0.1, 0.15) is 21.7 Å². The highest BCUT2D eigenvalue weighted by atomic mass is 79.9. The van der Waals surface area contributed by atoms with Gasteiger partial charge in [0.15, 0.2) is 0 Å². The molecule has 1 unspecified atom stereocenters. The van der Waals surface area contributed by atoms with Crippen molar-refractivity contribution in [2.24, 2.45) is 0 Å². The first-order valence-electron chi connectivity index (χ1n) is 5.15. The number of benzene rings is 1. The largest absolute Gasteiger partial charge is 0.497 e. The third kappa shape index (κ3) is 2.58. The molecule has 90 valence electrons. The Kier molecular flexibility index (Phi) is 3.94. The second kappa shape index (κ2) is 5.27. The Morgan fingerprint density at radius 2 is 2.00 bits per heavy atom. The summed E-state index contributed by atoms with van der Waals surface area (Å²) in [6.45, 7) is 1.96. The fraction of sp³-hybridized carbons (Fsp3) is 0.231. The van der Waals surface area contributed by atoms with Crippen LogP contribution in [-0.4, -0.2) is 7.11 Å². The van der Waals surface area contributed by atoms with Crippen molar-refractivity contribution in [2.45, 2.75) is 11.8 Å². The van der Waals surface area contributed by atoms with E-state index in [4.69, 9.17) is 9.15 Å². The number of halogens is 2. The number of alkyl halides is 1. The van der Waals surface area contributed by atoms with Crippen LogP contribution >= 0.6 is 31.9 Å². The minimum absolute atomic E-state index is 0.113. The number of rotatable bonds is 3. The summed E-state index contributed by atoms with van der Waals surface area (Å²) in [6, 6.07) is 7.92. The predicted molar refractivity (Wildman–Crippen MR) is 74.9 cm³/mol. The van der Waals surface area contributed by atoms with E-state index in [9.17, 15) is 0 Å². The SMILES string of the molecule is COc1ccc(C(Br)c2ccoc2C)c(Br)c1. The van der Waals surface area contributed by atoms with E-state index in [2.05, 4.69) is 31.9 Å². The third-order valence-corrected chi connectivity index (χ3v) is 4.33. The smallest absolute Gasteiger partial charge is 0.120 e. The molecule has 0 saturated heterocycles. The number of methoxy groups -OCH3 is 1. The van der Waals surface area contributed by atoms with Crippen LogP contribution in [0.25, 0.3) is 0 Å². The maximum absolute atomic E-state index is 5.32. The second-order valence-electron chi connectivity index (χ2n) is 3.68. The van der Waals surface area contributed by atoms with Gasteiger partial charge in [0.05, 0.1) is 18.2 Å². The molecule has 0 saturated carbocycles. The fourth-order valence-electron chi connectivity index (χ4n) is 1.67. The Labute approximate surface area is 117 Å². The lowest BCUT2D eigenvalue weighted by Crippen LogP contribution is -1.95. The van der Waals surface area contributed by atoms with Gasteiger partial charge in [-0.15, -0.1) is 0 Å². The summed E-state index contributed by atoms with van der Waals surface area (Å²) < 4.78 is 11.5. The molecule has 0 aliphatic carbocycles. The molecular weight excluding hydrogens is 348 g/mol. The molecule has 0 radical (unpaired) electrons. The Morgan fingerprint density at radius 1 is 1.24 bits per heavy atom. The summed E-state index contributed by atoms with van der Waals surface area (Å²) in [5.74, 6) is 1.76. The van der Waals surface area contributed by atoms with Crippen LogP contribution in [0, 0.1) is 6.92 Å². The van der Waals surface area contributed by atoms with Crippen molar-refractivity contribution in [3.05, 3.63) is 51.9 Å². The second-order valence-corrected chi connectivity index (χ2v) is 5.45. The Bertz CT molecular complexity index is 520. The zero-order chi connectivity index (χ0) is 12.4. The maximum Gasteiger partial charge on any atom is 0.120 e. The Hall–Kier alpha value is -0.740. The molecule has 0 N–H and O–H groups in total. The summed E-state index contributed by atoms with van der Waals surface area (Å²) in [5.41, 5.74) is 2.28. The molecule has 1 aromatic heterocycles. The van der Waals surface area contributed by atoms with Gasteiger partial charge in [0, 0.05) is 10.0 Å². The van der Waals surface area contributed by atoms with Gasteiger partial charge in [-0.2, -0.15) is 0 Å². The van der Waals surface area contributed by atoms with Gasteiger partial charge >= 0.3 is 0 Å². The van der Waals surface area contributed by atoms with Crippen LogP contribution in [0.5, 0.6) is 5.75 Å². The average molecular weight is 360 g/mol. The molecule has 17 heavy (non-hydrogen) atoms. The van der Waals surface area contributed by atoms with Crippen molar-refractivity contribution in [1.82, 2.24) is 0 Å². The lowest BCUT2D eigenvalue weighted by Gasteiger charge is -2.12. The molecule has 1 heterocycles. The van der Waals surface area contributed by atoms with Crippen LogP contribution in [0.4, 0.5) is 0 Å². The molecule has 0 bridgehead atoms. The van der Waals surface area contributed by atoms with Gasteiger partial charge in [-0.3, -0.25) is 0 Å². The predicted octanol–water partition coefficient (Wildman–Crippen LogP) is 4.84. The maximum atomic E-state index is 5.32. The first-order chi connectivity index (χ1) is 8.13. The van der Waals surface area contributed by atoms with Gasteiger partial charge in [-0.25, -0.2) is 0 Å². The zero-order valence-corrected chi connectivity index (χ0v) is 12.7. The van der Waals surface area contributed by atoms with Crippen LogP contribution in [0.3, 0.4) is 0 Å². The highest BCUT2D eigenvalue weighted by molar-refractivity contribution is 9.11. The van der Waals surface area contributed by atoms with Crippen LogP contribution in [-0.2, 0) is 0 Å². The molecule has 0 amide bonds. The van der Waals surface area contributed by atoms with Crippen molar-refractivity contribution >= 4 is 31.9 Å². The summed E-state index contributed by atoms with van der Waals surface area (Å²) in [5, 5.41) is 0. The molecule has 0 aliphatic heterocycles. The van der Waals surface area contributed by atoms with Gasteiger partial charge in [0.1, 0.15) is 11.5 Å². The monoisotopic (exact) mass is 358 g/mol. The molecule has 0 fully saturated rings. The molecule has 0 spiro atoms. The van der Waals surface area contributed by atoms with Crippen molar-refractivity contribution in [3.8, 4) is 5.75 Å². The molecule has 2 aromatic rings. The topological polar surface area (TPSA) is 22.4 Å². The first-order valence-corrected chi connectivity index (χ1v) is 6.86. The summed E-state index contributed by atoms with van der Waals surface area (Å²) in [6.07, 6.45) is 1.70. The third-order valence-electron chi connectivity index (χ3n) is 2.65. The van der Waals surface area contributed by atoms with E-state index in [1.165, 1.54) is 0 Å². The lowest BCUT2D eigenvalue weighted by atomic mass is 10.1. The molecule has 0 aliphatic rings. The molecule has 2 nitrogen and oxygen atoms in total. The average Bonchev–Trinajstić information content (AvgIpc) is 2.74. The van der Waals surface area contributed by atoms with Crippen molar-refractivity contribution in [1.29, 1.82) is 0 Å². The van der Waals surface area contributed by atoms with E-state index in [1.807, 2.05) is 31.2 Å². The molecule has 2 rings (SSSR count). The van der Waals surface area contributed by atoms with Crippen molar-refractivity contribution in [3.63, 3.8) is 0 Å². The van der Waals surface area contributed by atoms with E-state index < -0.39 is 0 Å². The van der Waals surface area contributed by atoms with Gasteiger partial charge in [0.25, 0.3) is 0 Å². The van der Waals surface area contributed by atoms with Gasteiger partial charge in [0.2, 0.25) is 0 Å². The fourth-order valence-corrected chi connectivity index (χ4v) is 3.43. The quantitative estimate of drug-likeness (QED) is 0.731. The number of hydrogen-bond acceptors (Lipinski definition) is 2. The minimum Gasteiger partial charge on any atom is -0.497 e. The van der Waals surface area contributed by atoms with Crippen LogP contribution < -0.4 is 4.74 Å². The minimum atomic E-state index is 0.113. The molecule has 4 heteroatoms. The van der Waals surface area contributed by atoms with Gasteiger partial charge in [-0.1, -0.05) is 37.9 Å². The van der Waals surface area contributed by atoms with Crippen molar-refractivity contribution < 1.29 is 9.15 Å². The summed E-state index contributed by atoms with van der Waals surface area (Å²) in [4.78, 5) is 0.113. The highest BCUT2D eigenvalue weighted by Crippen LogP contribution is 2.38. The molecule has 1 aromatic carbocycles. The van der Waals surface area contributed by atoms with E-state index >= 15 is 0 Å². The normalized spacial score (nSPS) is 12.5. The number of furan rings is 1. The van der Waals surface area contributed by atoms with E-state index in [1.54, 1.807) is 13.4 Å². The van der Waals surface area contributed by atoms with Gasteiger partial charge < -0.3 is 9.15 Å². The van der Waals surface area contributed by atoms with E-state index in [0.29, 0.717) is 0 Å². The summed E-state index contributed by atoms with van der Waals surface area (Å²) in [7, 11) is 1.66. The molecule has 1 atom stereocenters. The number of hydrogen-bond donors (Lipinski definition) is 0. The van der Waals surface area contributed by atoms with E-state index in [-0.39, 0.29) is 4.83 Å². The molecular formula is C13H12Br2O2. The van der Waals surface area contributed by atoms with E-state index in [0.717, 1.165) is 27.1 Å². The van der Waals surface area contributed by atoms with Crippen molar-refractivity contribution in [2.75, 3.05) is 7.11 Å². The lowest BCUT2D eigenvalue weighted by molar-refractivity contribution is 0.414.